The largest absolute Gasteiger partial charge is 0.534 e. The molecule has 0 N–H and O–H groups in total. The van der Waals surface area contributed by atoms with Gasteiger partial charge in [0.05, 0.1) is 5.92 Å². The highest BCUT2D eigenvalue weighted by Gasteiger charge is 2.50. The molecule has 4 nitrogen and oxygen atoms in total. The smallest absolute Gasteiger partial charge is 0.380 e. The van der Waals surface area contributed by atoms with Crippen molar-refractivity contribution >= 4 is 10.1 Å². The van der Waals surface area contributed by atoms with Crippen molar-refractivity contribution in [2.75, 3.05) is 0 Å². The third kappa shape index (κ3) is 4.07. The summed E-state index contributed by atoms with van der Waals surface area (Å²) in [6.07, 6.45) is 1.81. The van der Waals surface area contributed by atoms with Crippen molar-refractivity contribution < 1.29 is 25.8 Å². The second-order valence-electron chi connectivity index (χ2n) is 7.86. The van der Waals surface area contributed by atoms with Crippen LogP contribution in [-0.4, -0.2) is 18.5 Å². The maximum absolute atomic E-state index is 12.9. The maximum Gasteiger partial charge on any atom is 0.534 e. The molecule has 4 rings (SSSR count). The van der Waals surface area contributed by atoms with E-state index >= 15 is 0 Å². The van der Waals surface area contributed by atoms with E-state index in [-0.39, 0.29) is 11.7 Å². The van der Waals surface area contributed by atoms with Gasteiger partial charge in [-0.3, -0.25) is 0 Å². The Balaban J connectivity index is 1.68. The van der Waals surface area contributed by atoms with E-state index in [9.17, 15) is 21.6 Å². The molecule has 0 radical (unpaired) electrons. The van der Waals surface area contributed by atoms with E-state index in [1.807, 2.05) is 50.2 Å². The minimum atomic E-state index is -5.75. The van der Waals surface area contributed by atoms with Crippen LogP contribution in [0.3, 0.4) is 0 Å². The Labute approximate surface area is 185 Å². The first kappa shape index (κ1) is 22.2. The predicted molar refractivity (Wildman–Crippen MR) is 116 cm³/mol. The van der Waals surface area contributed by atoms with Crippen LogP contribution in [-0.2, 0) is 14.3 Å². The fourth-order valence-electron chi connectivity index (χ4n) is 4.30. The third-order valence-electron chi connectivity index (χ3n) is 5.78. The molecule has 1 heterocycles. The summed E-state index contributed by atoms with van der Waals surface area (Å²) in [5.74, 6) is -1.09. The molecule has 168 valence electrons. The van der Waals surface area contributed by atoms with Gasteiger partial charge in [-0.2, -0.15) is 21.6 Å². The Morgan fingerprint density at radius 2 is 1.47 bits per heavy atom. The van der Waals surface area contributed by atoms with E-state index in [0.717, 1.165) is 22.6 Å². The van der Waals surface area contributed by atoms with Gasteiger partial charge < -0.3 is 8.75 Å². The van der Waals surface area contributed by atoms with Crippen LogP contribution in [0.15, 0.2) is 78.6 Å². The summed E-state index contributed by atoms with van der Waals surface area (Å²) in [7, 11) is -5.75. The van der Waals surface area contributed by atoms with E-state index in [4.69, 9.17) is 0 Å². The molecule has 1 aliphatic carbocycles. The van der Waals surface area contributed by atoms with E-state index in [1.54, 1.807) is 30.3 Å². The molecule has 1 aromatic heterocycles. The summed E-state index contributed by atoms with van der Waals surface area (Å²) in [6, 6.07) is 20.7. The maximum atomic E-state index is 12.9. The van der Waals surface area contributed by atoms with Gasteiger partial charge in [-0.25, -0.2) is 0 Å². The third-order valence-corrected chi connectivity index (χ3v) is 6.76. The Bertz CT molecular complexity index is 1220. The Kier molecular flexibility index (Phi) is 5.67. The molecule has 0 saturated heterocycles. The van der Waals surface area contributed by atoms with Crippen LogP contribution >= 0.6 is 0 Å². The number of aryl methyl sites for hydroxylation is 2. The van der Waals surface area contributed by atoms with Gasteiger partial charge in [-0.05, 0) is 61.7 Å². The van der Waals surface area contributed by atoms with Crippen LogP contribution < -0.4 is 0 Å². The number of alkyl halides is 3. The molecule has 1 aliphatic rings. The lowest BCUT2D eigenvalue weighted by Gasteiger charge is -2.24. The highest BCUT2D eigenvalue weighted by atomic mass is 32.2. The summed E-state index contributed by atoms with van der Waals surface area (Å²) in [6.45, 7) is 4.02. The van der Waals surface area contributed by atoms with Crippen LogP contribution in [0, 0.1) is 13.8 Å². The number of benzene rings is 2. The van der Waals surface area contributed by atoms with Gasteiger partial charge in [-0.1, -0.05) is 42.5 Å². The molecular formula is C24H22F3NO3S. The van der Waals surface area contributed by atoms with E-state index in [0.29, 0.717) is 12.0 Å². The molecule has 2 unspecified atom stereocenters. The zero-order chi connectivity index (χ0) is 23.1. The zero-order valence-electron chi connectivity index (χ0n) is 17.5. The number of halogens is 3. The number of allylic oxidation sites excluding steroid dienone is 2. The first-order chi connectivity index (χ1) is 15.1. The summed E-state index contributed by atoms with van der Waals surface area (Å²) in [5.41, 5.74) is -0.737. The monoisotopic (exact) mass is 461 g/mol. The normalized spacial score (nSPS) is 19.1. The average molecular weight is 462 g/mol. The Hall–Kier alpha value is -3.00. The number of nitrogens with zero attached hydrogens (tertiary/aromatic N) is 1. The number of aromatic nitrogens is 1. The van der Waals surface area contributed by atoms with Crippen molar-refractivity contribution in [3.8, 4) is 5.69 Å². The van der Waals surface area contributed by atoms with Crippen molar-refractivity contribution in [3.63, 3.8) is 0 Å². The lowest BCUT2D eigenvalue weighted by molar-refractivity contribution is -0.0524. The molecule has 2 aromatic carbocycles. The first-order valence-electron chi connectivity index (χ1n) is 10.1. The van der Waals surface area contributed by atoms with Gasteiger partial charge in [0.2, 0.25) is 0 Å². The number of hydrogen-bond acceptors (Lipinski definition) is 3. The van der Waals surface area contributed by atoms with Crippen molar-refractivity contribution in [1.29, 1.82) is 0 Å². The zero-order valence-corrected chi connectivity index (χ0v) is 18.3. The molecule has 0 spiro atoms. The minimum Gasteiger partial charge on any atom is -0.380 e. The van der Waals surface area contributed by atoms with Crippen LogP contribution in [0.2, 0.25) is 0 Å². The fourth-order valence-corrected chi connectivity index (χ4v) is 4.82. The van der Waals surface area contributed by atoms with Gasteiger partial charge in [0.1, 0.15) is 5.76 Å². The second kappa shape index (κ2) is 8.16. The van der Waals surface area contributed by atoms with Crippen LogP contribution in [0.25, 0.3) is 5.69 Å². The Morgan fingerprint density at radius 3 is 2.03 bits per heavy atom. The average Bonchev–Trinajstić information content (AvgIpc) is 3.30. The van der Waals surface area contributed by atoms with Crippen molar-refractivity contribution in [1.82, 2.24) is 4.57 Å². The van der Waals surface area contributed by atoms with Crippen LogP contribution in [0.4, 0.5) is 13.2 Å². The lowest BCUT2D eigenvalue weighted by atomic mass is 9.83. The van der Waals surface area contributed by atoms with Crippen LogP contribution in [0.1, 0.15) is 40.8 Å². The van der Waals surface area contributed by atoms with Gasteiger partial charge in [-0.15, -0.1) is 0 Å². The highest BCUT2D eigenvalue weighted by molar-refractivity contribution is 7.87. The van der Waals surface area contributed by atoms with Crippen LogP contribution in [0.5, 0.6) is 0 Å². The van der Waals surface area contributed by atoms with Crippen molar-refractivity contribution in [2.24, 2.45) is 0 Å². The minimum absolute atomic E-state index is 0.195. The summed E-state index contributed by atoms with van der Waals surface area (Å²) in [4.78, 5) is 0. The van der Waals surface area contributed by atoms with Gasteiger partial charge in [0.15, 0.2) is 0 Å². The summed E-state index contributed by atoms with van der Waals surface area (Å²) in [5, 5.41) is 0. The van der Waals surface area contributed by atoms with E-state index < -0.39 is 21.5 Å². The fraction of sp³-hybridized carbons (Fsp3) is 0.250. The lowest BCUT2D eigenvalue weighted by Crippen LogP contribution is -2.26. The molecule has 3 aromatic rings. The van der Waals surface area contributed by atoms with Gasteiger partial charge in [0.25, 0.3) is 0 Å². The summed E-state index contributed by atoms with van der Waals surface area (Å²) < 4.78 is 68.9. The van der Waals surface area contributed by atoms with Gasteiger partial charge >= 0.3 is 15.6 Å². The second-order valence-corrected chi connectivity index (χ2v) is 9.40. The van der Waals surface area contributed by atoms with E-state index in [1.165, 1.54) is 6.08 Å². The molecule has 0 saturated carbocycles. The quantitative estimate of drug-likeness (QED) is 0.340. The first-order valence-corrected chi connectivity index (χ1v) is 11.5. The molecular weight excluding hydrogens is 439 g/mol. The molecule has 2 atom stereocenters. The highest BCUT2D eigenvalue weighted by Crippen LogP contribution is 2.48. The molecule has 0 amide bonds. The SMILES string of the molecule is Cc1ccc(C)n1-c1ccc(C2CC=C(OS(=O)(=O)C(F)(F)F)C2c2ccccc2)cc1. The molecule has 32 heavy (non-hydrogen) atoms. The molecule has 0 fully saturated rings. The Morgan fingerprint density at radius 1 is 0.875 bits per heavy atom. The number of rotatable bonds is 5. The standard InChI is InChI=1S/C24H22F3NO3S/c1-16-8-9-17(2)28(16)20-12-10-18(11-13-20)21-14-15-22(31-32(29,30)24(25,26)27)23(21)19-6-4-3-5-7-19/h3-13,15,21,23H,14H2,1-2H3. The van der Waals surface area contributed by atoms with Crippen molar-refractivity contribution in [2.45, 2.75) is 37.6 Å². The van der Waals surface area contributed by atoms with Crippen molar-refractivity contribution in [3.05, 3.63) is 101 Å². The summed E-state index contributed by atoms with van der Waals surface area (Å²) >= 11 is 0. The molecule has 8 heteroatoms. The number of hydrogen-bond donors (Lipinski definition) is 0. The van der Waals surface area contributed by atoms with E-state index in [2.05, 4.69) is 8.75 Å². The molecule has 0 bridgehead atoms. The topological polar surface area (TPSA) is 48.3 Å². The molecule has 0 aliphatic heterocycles. The predicted octanol–water partition coefficient (Wildman–Crippen LogP) is 6.12. The van der Waals surface area contributed by atoms with Gasteiger partial charge in [0, 0.05) is 23.0 Å².